The number of carboxylic acid groups (broad SMARTS) is 1. The third kappa shape index (κ3) is 3.85. The molecule has 1 aliphatic heterocycles. The van der Waals surface area contributed by atoms with Gasteiger partial charge in [-0.05, 0) is 50.5 Å². The predicted molar refractivity (Wildman–Crippen MR) is 99.2 cm³/mol. The van der Waals surface area contributed by atoms with Crippen molar-refractivity contribution < 1.29 is 19.8 Å². The number of rotatable bonds is 6. The third-order valence-electron chi connectivity index (χ3n) is 5.26. The lowest BCUT2D eigenvalue weighted by molar-refractivity contribution is -0.122. The van der Waals surface area contributed by atoms with Gasteiger partial charge in [-0.1, -0.05) is 12.8 Å². The van der Waals surface area contributed by atoms with Crippen molar-refractivity contribution >= 4 is 29.2 Å². The molecule has 3 atom stereocenters. The summed E-state index contributed by atoms with van der Waals surface area (Å²) in [5, 5.41) is 19.3. The zero-order valence-electron chi connectivity index (χ0n) is 14.4. The molecule has 5 nitrogen and oxygen atoms in total. The van der Waals surface area contributed by atoms with Crippen molar-refractivity contribution in [1.82, 2.24) is 0 Å². The summed E-state index contributed by atoms with van der Waals surface area (Å²) in [6.07, 6.45) is 4.21. The largest absolute Gasteiger partial charge is 0.478 e. The zero-order valence-corrected chi connectivity index (χ0v) is 15.2. The van der Waals surface area contributed by atoms with Gasteiger partial charge in [-0.25, -0.2) is 4.79 Å². The molecule has 1 aromatic carbocycles. The molecule has 0 spiro atoms. The Kier molecular flexibility index (Phi) is 5.69. The summed E-state index contributed by atoms with van der Waals surface area (Å²) in [6.45, 7) is 2.69. The van der Waals surface area contributed by atoms with Crippen LogP contribution in [0.15, 0.2) is 24.3 Å². The average Bonchev–Trinajstić information content (AvgIpc) is 3.26. The van der Waals surface area contributed by atoms with Crippen molar-refractivity contribution in [3.63, 3.8) is 0 Å². The van der Waals surface area contributed by atoms with E-state index in [0.717, 1.165) is 31.4 Å². The number of ketones is 1. The normalized spacial score (nSPS) is 26.7. The number of hydrogen-bond acceptors (Lipinski definition) is 5. The molecule has 6 heteroatoms. The minimum absolute atomic E-state index is 0.129. The van der Waals surface area contributed by atoms with Crippen molar-refractivity contribution in [2.75, 3.05) is 11.4 Å². The van der Waals surface area contributed by atoms with Gasteiger partial charge in [-0.3, -0.25) is 4.79 Å². The van der Waals surface area contributed by atoms with Crippen LogP contribution in [0.25, 0.3) is 0 Å². The molecule has 136 valence electrons. The van der Waals surface area contributed by atoms with Gasteiger partial charge in [-0.2, -0.15) is 0 Å². The maximum absolute atomic E-state index is 12.7. The number of thioether (sulfide) groups is 1. The van der Waals surface area contributed by atoms with Crippen LogP contribution in [-0.2, 0) is 4.79 Å². The number of aliphatic hydroxyl groups excluding tert-OH is 1. The molecule has 1 heterocycles. The Morgan fingerprint density at radius 3 is 2.40 bits per heavy atom. The SMILES string of the molecule is CCN(c1ccc(C(=O)O)cc1)C1SC(C(=O)C2CCCC2)CC1O. The van der Waals surface area contributed by atoms with Crippen molar-refractivity contribution in [3.05, 3.63) is 29.8 Å². The van der Waals surface area contributed by atoms with Crippen molar-refractivity contribution in [1.29, 1.82) is 0 Å². The molecule has 2 aliphatic rings. The van der Waals surface area contributed by atoms with Crippen LogP contribution in [0.3, 0.4) is 0 Å². The summed E-state index contributed by atoms with van der Waals surface area (Å²) >= 11 is 1.56. The van der Waals surface area contributed by atoms with E-state index in [-0.39, 0.29) is 22.1 Å². The minimum atomic E-state index is -0.952. The Labute approximate surface area is 152 Å². The smallest absolute Gasteiger partial charge is 0.335 e. The molecule has 3 rings (SSSR count). The van der Waals surface area contributed by atoms with Gasteiger partial charge in [0.05, 0.1) is 16.9 Å². The van der Waals surface area contributed by atoms with Gasteiger partial charge in [0.2, 0.25) is 0 Å². The van der Waals surface area contributed by atoms with Crippen LogP contribution in [-0.4, -0.2) is 45.2 Å². The van der Waals surface area contributed by atoms with E-state index in [4.69, 9.17) is 5.11 Å². The quantitative estimate of drug-likeness (QED) is 0.808. The standard InChI is InChI=1S/C19H25NO4S/c1-2-20(14-9-7-13(8-10-14)19(23)24)18-15(21)11-16(25-18)17(22)12-5-3-4-6-12/h7-10,12,15-16,18,21H,2-6,11H2,1H3,(H,23,24). The van der Waals surface area contributed by atoms with Crippen molar-refractivity contribution in [3.8, 4) is 0 Å². The second-order valence-electron chi connectivity index (χ2n) is 6.84. The molecular weight excluding hydrogens is 338 g/mol. The number of nitrogens with zero attached hydrogens (tertiary/aromatic N) is 1. The second-order valence-corrected chi connectivity index (χ2v) is 8.16. The van der Waals surface area contributed by atoms with Crippen molar-refractivity contribution in [2.24, 2.45) is 5.92 Å². The highest BCUT2D eigenvalue weighted by Gasteiger charge is 2.42. The summed E-state index contributed by atoms with van der Waals surface area (Å²) in [4.78, 5) is 25.8. The summed E-state index contributed by atoms with van der Waals surface area (Å²) in [5.41, 5.74) is 1.12. The van der Waals surface area contributed by atoms with Crippen LogP contribution < -0.4 is 4.90 Å². The van der Waals surface area contributed by atoms with Gasteiger partial charge >= 0.3 is 5.97 Å². The Bertz CT molecular complexity index is 627. The number of aromatic carboxylic acids is 1. The Morgan fingerprint density at radius 1 is 1.20 bits per heavy atom. The van der Waals surface area contributed by atoms with E-state index in [1.807, 2.05) is 6.92 Å². The van der Waals surface area contributed by atoms with E-state index in [0.29, 0.717) is 18.7 Å². The highest BCUT2D eigenvalue weighted by atomic mass is 32.2. The van der Waals surface area contributed by atoms with Gasteiger partial charge in [-0.15, -0.1) is 11.8 Å². The summed E-state index contributed by atoms with van der Waals surface area (Å²) < 4.78 is 0. The molecule has 25 heavy (non-hydrogen) atoms. The van der Waals surface area contributed by atoms with E-state index in [9.17, 15) is 14.7 Å². The number of likely N-dealkylation sites (N-methyl/N-ethyl adjacent to an activating group) is 1. The average molecular weight is 363 g/mol. The maximum Gasteiger partial charge on any atom is 0.335 e. The van der Waals surface area contributed by atoms with Crippen LogP contribution in [0.1, 0.15) is 49.4 Å². The molecule has 2 N–H and O–H groups in total. The van der Waals surface area contributed by atoms with E-state index in [1.54, 1.807) is 36.0 Å². The van der Waals surface area contributed by atoms with Gasteiger partial charge in [0.25, 0.3) is 0 Å². The molecule has 0 bridgehead atoms. The van der Waals surface area contributed by atoms with Gasteiger partial charge < -0.3 is 15.1 Å². The summed E-state index contributed by atoms with van der Waals surface area (Å²) in [6, 6.07) is 6.69. The van der Waals surface area contributed by atoms with E-state index in [1.165, 1.54) is 0 Å². The number of anilines is 1. The molecule has 1 aromatic rings. The second kappa shape index (κ2) is 7.79. The highest BCUT2D eigenvalue weighted by Crippen LogP contribution is 2.41. The molecule has 2 fully saturated rings. The fourth-order valence-electron chi connectivity index (χ4n) is 3.89. The number of aliphatic hydroxyl groups is 1. The van der Waals surface area contributed by atoms with E-state index >= 15 is 0 Å². The van der Waals surface area contributed by atoms with Crippen molar-refractivity contribution in [2.45, 2.75) is 55.8 Å². The fourth-order valence-corrected chi connectivity index (χ4v) is 5.57. The molecule has 0 amide bonds. The first-order valence-electron chi connectivity index (χ1n) is 8.98. The molecule has 1 aliphatic carbocycles. The summed E-state index contributed by atoms with van der Waals surface area (Å²) in [5.74, 6) is -0.471. The number of carboxylic acids is 1. The van der Waals surface area contributed by atoms with E-state index in [2.05, 4.69) is 4.90 Å². The number of benzene rings is 1. The fraction of sp³-hybridized carbons (Fsp3) is 0.579. The molecule has 3 unspecified atom stereocenters. The van der Waals surface area contributed by atoms with E-state index < -0.39 is 12.1 Å². The molecule has 1 saturated heterocycles. The number of carbonyl (C=O) groups excluding carboxylic acids is 1. The molecule has 1 saturated carbocycles. The molecule has 0 aromatic heterocycles. The number of hydrogen-bond donors (Lipinski definition) is 2. The van der Waals surface area contributed by atoms with Crippen LogP contribution in [0, 0.1) is 5.92 Å². The molecular formula is C19H25NO4S. The maximum atomic E-state index is 12.7. The summed E-state index contributed by atoms with van der Waals surface area (Å²) in [7, 11) is 0. The Morgan fingerprint density at radius 2 is 1.84 bits per heavy atom. The topological polar surface area (TPSA) is 77.8 Å². The lowest BCUT2D eigenvalue weighted by Crippen LogP contribution is -2.38. The number of Topliss-reactive ketones (excluding diaryl/α,β-unsaturated/α-hetero) is 1. The monoisotopic (exact) mass is 363 g/mol. The number of carbonyl (C=O) groups is 2. The first-order valence-corrected chi connectivity index (χ1v) is 9.92. The Hall–Kier alpha value is -1.53. The lowest BCUT2D eigenvalue weighted by atomic mass is 9.97. The van der Waals surface area contributed by atoms with Gasteiger partial charge in [0.15, 0.2) is 0 Å². The Balaban J connectivity index is 1.72. The molecule has 0 radical (unpaired) electrons. The van der Waals surface area contributed by atoms with Crippen LogP contribution in [0.2, 0.25) is 0 Å². The first kappa shape index (κ1) is 18.3. The zero-order chi connectivity index (χ0) is 18.0. The third-order valence-corrected chi connectivity index (χ3v) is 6.86. The first-order chi connectivity index (χ1) is 12.0. The van der Waals surface area contributed by atoms with Crippen LogP contribution >= 0.6 is 11.8 Å². The van der Waals surface area contributed by atoms with Gasteiger partial charge in [0, 0.05) is 18.2 Å². The minimum Gasteiger partial charge on any atom is -0.478 e. The predicted octanol–water partition coefficient (Wildman–Crippen LogP) is 3.16. The highest BCUT2D eigenvalue weighted by molar-refractivity contribution is 8.01. The lowest BCUT2D eigenvalue weighted by Gasteiger charge is -2.31. The van der Waals surface area contributed by atoms with Crippen LogP contribution in [0.5, 0.6) is 0 Å². The van der Waals surface area contributed by atoms with Gasteiger partial charge in [0.1, 0.15) is 11.2 Å². The van der Waals surface area contributed by atoms with Crippen LogP contribution in [0.4, 0.5) is 5.69 Å².